The summed E-state index contributed by atoms with van der Waals surface area (Å²) in [7, 11) is 0. The average Bonchev–Trinajstić information content (AvgIpc) is 2.01. The topological polar surface area (TPSA) is 0 Å². The summed E-state index contributed by atoms with van der Waals surface area (Å²) in [5.41, 5.74) is 0.557. The molecule has 56 valence electrons. The first kappa shape index (κ1) is 8.74. The Labute approximate surface area is 80.1 Å². The van der Waals surface area contributed by atoms with Gasteiger partial charge in [-0.15, -0.1) is 6.42 Å². The average molecular weight is 205 g/mol. The third-order valence-electron chi connectivity index (χ3n) is 1.19. The van der Waals surface area contributed by atoms with Gasteiger partial charge in [0.25, 0.3) is 0 Å². The molecule has 0 aliphatic rings. The lowest BCUT2D eigenvalue weighted by atomic mass is 10.2. The highest BCUT2D eigenvalue weighted by Gasteiger charge is 2.05. The Bertz CT molecular complexity index is 323. The highest BCUT2D eigenvalue weighted by atomic mass is 35.5. The summed E-state index contributed by atoms with van der Waals surface area (Å²) in [5.74, 6) is 2.39. The van der Waals surface area contributed by atoms with Crippen molar-refractivity contribution in [3.05, 3.63) is 32.8 Å². The van der Waals surface area contributed by atoms with Crippen LogP contribution in [-0.4, -0.2) is 0 Å². The molecule has 3 heteroatoms. The molecule has 1 rings (SSSR count). The van der Waals surface area contributed by atoms with Crippen molar-refractivity contribution in [2.75, 3.05) is 0 Å². The zero-order valence-electron chi connectivity index (χ0n) is 5.37. The van der Waals surface area contributed by atoms with E-state index in [9.17, 15) is 0 Å². The predicted octanol–water partition coefficient (Wildman–Crippen LogP) is 3.63. The molecule has 0 unspecified atom stereocenters. The largest absolute Gasteiger partial charge is 0.115 e. The van der Waals surface area contributed by atoms with Crippen molar-refractivity contribution in [2.45, 2.75) is 0 Å². The Balaban J connectivity index is 3.40. The first-order chi connectivity index (χ1) is 5.16. The fourth-order valence-electron chi connectivity index (χ4n) is 0.637. The van der Waals surface area contributed by atoms with Gasteiger partial charge >= 0.3 is 0 Å². The molecule has 11 heavy (non-hydrogen) atoms. The molecule has 0 bridgehead atoms. The van der Waals surface area contributed by atoms with Gasteiger partial charge in [0, 0.05) is 5.56 Å². The van der Waals surface area contributed by atoms with Gasteiger partial charge in [-0.2, -0.15) is 0 Å². The molecule has 1 aromatic rings. The van der Waals surface area contributed by atoms with E-state index in [0.29, 0.717) is 20.6 Å². The van der Waals surface area contributed by atoms with Crippen LogP contribution in [0.4, 0.5) is 0 Å². The standard InChI is InChI=1S/C8H3Cl3/c1-2-5-3-4-6(9)8(11)7(5)10/h1,3-4H. The lowest BCUT2D eigenvalue weighted by Gasteiger charge is -1.99. The minimum Gasteiger partial charge on any atom is -0.115 e. The second-order valence-corrected chi connectivity index (χ2v) is 3.03. The quantitative estimate of drug-likeness (QED) is 0.448. The number of hydrogen-bond acceptors (Lipinski definition) is 0. The van der Waals surface area contributed by atoms with Gasteiger partial charge in [0.05, 0.1) is 15.1 Å². The van der Waals surface area contributed by atoms with Gasteiger partial charge in [0.15, 0.2) is 0 Å². The van der Waals surface area contributed by atoms with Crippen LogP contribution >= 0.6 is 34.8 Å². The van der Waals surface area contributed by atoms with E-state index in [1.807, 2.05) is 0 Å². The fraction of sp³-hybridized carbons (Fsp3) is 0. The van der Waals surface area contributed by atoms with Crippen LogP contribution in [0.3, 0.4) is 0 Å². The number of terminal acetylenes is 1. The molecule has 0 aliphatic carbocycles. The number of halogens is 3. The van der Waals surface area contributed by atoms with Gasteiger partial charge in [0.2, 0.25) is 0 Å². The van der Waals surface area contributed by atoms with E-state index in [0.717, 1.165) is 0 Å². The van der Waals surface area contributed by atoms with E-state index in [-0.39, 0.29) is 0 Å². The normalized spacial score (nSPS) is 9.27. The van der Waals surface area contributed by atoms with Crippen LogP contribution in [0.2, 0.25) is 15.1 Å². The van der Waals surface area contributed by atoms with E-state index < -0.39 is 0 Å². The zero-order valence-corrected chi connectivity index (χ0v) is 7.63. The van der Waals surface area contributed by atoms with Gasteiger partial charge in [-0.25, -0.2) is 0 Å². The van der Waals surface area contributed by atoms with Crippen LogP contribution in [0.25, 0.3) is 0 Å². The molecule has 0 atom stereocenters. The van der Waals surface area contributed by atoms with Crippen LogP contribution in [0.1, 0.15) is 5.56 Å². The van der Waals surface area contributed by atoms with Gasteiger partial charge in [0.1, 0.15) is 0 Å². The molecule has 0 amide bonds. The van der Waals surface area contributed by atoms with Crippen molar-refractivity contribution in [1.29, 1.82) is 0 Å². The van der Waals surface area contributed by atoms with E-state index in [4.69, 9.17) is 41.2 Å². The summed E-state index contributed by atoms with van der Waals surface area (Å²) in [6.07, 6.45) is 5.13. The molecule has 0 heterocycles. The lowest BCUT2D eigenvalue weighted by Crippen LogP contribution is -1.78. The monoisotopic (exact) mass is 204 g/mol. The summed E-state index contributed by atoms with van der Waals surface area (Å²) in [6.45, 7) is 0. The van der Waals surface area contributed by atoms with Crippen LogP contribution in [0.5, 0.6) is 0 Å². The Morgan fingerprint density at radius 1 is 1.09 bits per heavy atom. The highest BCUT2D eigenvalue weighted by molar-refractivity contribution is 6.48. The second kappa shape index (κ2) is 3.36. The minimum absolute atomic E-state index is 0.309. The first-order valence-electron chi connectivity index (χ1n) is 2.77. The molecular formula is C8H3Cl3. The Morgan fingerprint density at radius 3 is 2.27 bits per heavy atom. The summed E-state index contributed by atoms with van der Waals surface area (Å²) in [5, 5.41) is 1.06. The number of rotatable bonds is 0. The molecule has 0 nitrogen and oxygen atoms in total. The van der Waals surface area contributed by atoms with Crippen molar-refractivity contribution in [3.8, 4) is 12.3 Å². The summed E-state index contributed by atoms with van der Waals surface area (Å²) < 4.78 is 0. The molecular weight excluding hydrogens is 202 g/mol. The molecule has 0 spiro atoms. The molecule has 0 saturated carbocycles. The molecule has 1 aromatic carbocycles. The smallest absolute Gasteiger partial charge is 0.0791 e. The third kappa shape index (κ3) is 1.62. The van der Waals surface area contributed by atoms with Gasteiger partial charge < -0.3 is 0 Å². The van der Waals surface area contributed by atoms with E-state index >= 15 is 0 Å². The van der Waals surface area contributed by atoms with Crippen molar-refractivity contribution < 1.29 is 0 Å². The molecule has 0 fully saturated rings. The van der Waals surface area contributed by atoms with E-state index in [1.54, 1.807) is 12.1 Å². The maximum atomic E-state index is 5.74. The first-order valence-corrected chi connectivity index (χ1v) is 3.90. The Kier molecular flexibility index (Phi) is 2.67. The maximum Gasteiger partial charge on any atom is 0.0791 e. The SMILES string of the molecule is C#Cc1ccc(Cl)c(Cl)c1Cl. The van der Waals surface area contributed by atoms with Crippen LogP contribution in [0, 0.1) is 12.3 Å². The molecule has 0 N–H and O–H groups in total. The van der Waals surface area contributed by atoms with Crippen LogP contribution in [0.15, 0.2) is 12.1 Å². The zero-order chi connectivity index (χ0) is 8.43. The van der Waals surface area contributed by atoms with Crippen molar-refractivity contribution in [2.24, 2.45) is 0 Å². The predicted molar refractivity (Wildman–Crippen MR) is 49.4 cm³/mol. The highest BCUT2D eigenvalue weighted by Crippen LogP contribution is 2.31. The van der Waals surface area contributed by atoms with Crippen molar-refractivity contribution in [3.63, 3.8) is 0 Å². The van der Waals surface area contributed by atoms with Crippen molar-refractivity contribution >= 4 is 34.8 Å². The molecule has 0 aliphatic heterocycles. The lowest BCUT2D eigenvalue weighted by molar-refractivity contribution is 1.64. The summed E-state index contributed by atoms with van der Waals surface area (Å²) >= 11 is 17.1. The van der Waals surface area contributed by atoms with Gasteiger partial charge in [-0.05, 0) is 12.1 Å². The number of hydrogen-bond donors (Lipinski definition) is 0. The van der Waals surface area contributed by atoms with Gasteiger partial charge in [-0.1, -0.05) is 40.7 Å². The van der Waals surface area contributed by atoms with Gasteiger partial charge in [-0.3, -0.25) is 0 Å². The molecule has 0 radical (unpaired) electrons. The molecule has 0 saturated heterocycles. The third-order valence-corrected chi connectivity index (χ3v) is 2.48. The van der Waals surface area contributed by atoms with Crippen molar-refractivity contribution in [1.82, 2.24) is 0 Å². The Hall–Kier alpha value is -0.350. The maximum absolute atomic E-state index is 5.74. The van der Waals surface area contributed by atoms with Crippen LogP contribution < -0.4 is 0 Å². The summed E-state index contributed by atoms with van der Waals surface area (Å²) in [6, 6.07) is 3.27. The van der Waals surface area contributed by atoms with Crippen LogP contribution in [-0.2, 0) is 0 Å². The second-order valence-electron chi connectivity index (χ2n) is 1.87. The molecule has 0 aromatic heterocycles. The summed E-state index contributed by atoms with van der Waals surface area (Å²) in [4.78, 5) is 0. The minimum atomic E-state index is 0.309. The van der Waals surface area contributed by atoms with E-state index in [1.165, 1.54) is 0 Å². The number of benzene rings is 1. The Morgan fingerprint density at radius 2 is 1.73 bits per heavy atom. The fourth-order valence-corrected chi connectivity index (χ4v) is 1.23. The van der Waals surface area contributed by atoms with E-state index in [2.05, 4.69) is 5.92 Å².